The maximum absolute atomic E-state index is 13.1. The lowest BCUT2D eigenvalue weighted by molar-refractivity contribution is -0.142. The van der Waals surface area contributed by atoms with Crippen LogP contribution in [0.5, 0.6) is 5.75 Å². The zero-order valence-corrected chi connectivity index (χ0v) is 21.8. The number of hydrogen-bond acceptors (Lipinski definition) is 3. The van der Waals surface area contributed by atoms with Crippen LogP contribution in [-0.4, -0.2) is 35.4 Å². The van der Waals surface area contributed by atoms with Crippen molar-refractivity contribution in [2.45, 2.75) is 59.7 Å². The number of carbonyl (C=O) groups is 2. The minimum atomic E-state index is -0.623. The largest absolute Gasteiger partial charge is 0.484 e. The highest BCUT2D eigenvalue weighted by atomic mass is 79.9. The minimum Gasteiger partial charge on any atom is -0.484 e. The molecular formula is C24H30Br2N2O3. The molecule has 0 saturated carbocycles. The highest BCUT2D eigenvalue weighted by Gasteiger charge is 2.27. The Labute approximate surface area is 201 Å². The van der Waals surface area contributed by atoms with Gasteiger partial charge in [0, 0.05) is 21.5 Å². The van der Waals surface area contributed by atoms with E-state index in [9.17, 15) is 9.59 Å². The highest BCUT2D eigenvalue weighted by Crippen LogP contribution is 2.26. The predicted molar refractivity (Wildman–Crippen MR) is 131 cm³/mol. The third kappa shape index (κ3) is 7.35. The summed E-state index contributed by atoms with van der Waals surface area (Å²) in [6.07, 6.45) is 0.824. The number of halogens is 2. The van der Waals surface area contributed by atoms with Crippen molar-refractivity contribution in [3.05, 3.63) is 62.0 Å². The Balaban J connectivity index is 2.18. The number of amides is 2. The van der Waals surface area contributed by atoms with E-state index < -0.39 is 6.04 Å². The molecule has 0 aromatic heterocycles. The zero-order chi connectivity index (χ0) is 23.1. The average molecular weight is 554 g/mol. The number of ether oxygens (including phenoxy) is 1. The molecule has 2 aromatic carbocycles. The maximum Gasteiger partial charge on any atom is 0.261 e. The number of carbonyl (C=O) groups excluding carboxylic acids is 2. The van der Waals surface area contributed by atoms with Crippen LogP contribution in [-0.2, 0) is 16.1 Å². The van der Waals surface area contributed by atoms with E-state index in [2.05, 4.69) is 37.2 Å². The van der Waals surface area contributed by atoms with E-state index in [0.29, 0.717) is 12.3 Å². The number of hydrogen-bond donors (Lipinski definition) is 1. The molecule has 7 heteroatoms. The van der Waals surface area contributed by atoms with E-state index in [4.69, 9.17) is 4.74 Å². The van der Waals surface area contributed by atoms with Gasteiger partial charge in [-0.05, 0) is 75.1 Å². The molecule has 0 aliphatic heterocycles. The molecule has 0 bridgehead atoms. The van der Waals surface area contributed by atoms with E-state index in [1.54, 1.807) is 11.8 Å². The number of benzene rings is 2. The van der Waals surface area contributed by atoms with Crippen molar-refractivity contribution in [2.75, 3.05) is 6.61 Å². The van der Waals surface area contributed by atoms with Crippen molar-refractivity contribution < 1.29 is 14.3 Å². The number of nitrogens with one attached hydrogen (secondary N) is 1. The molecule has 0 aliphatic carbocycles. The summed E-state index contributed by atoms with van der Waals surface area (Å²) < 4.78 is 7.79. The van der Waals surface area contributed by atoms with Gasteiger partial charge in [0.2, 0.25) is 5.91 Å². The van der Waals surface area contributed by atoms with E-state index in [-0.39, 0.29) is 24.5 Å². The number of rotatable bonds is 9. The molecule has 0 heterocycles. The van der Waals surface area contributed by atoms with Crippen molar-refractivity contribution in [1.29, 1.82) is 0 Å². The molecule has 0 unspecified atom stereocenters. The van der Waals surface area contributed by atoms with Crippen molar-refractivity contribution >= 4 is 43.7 Å². The Hall–Kier alpha value is -1.86. The average Bonchev–Trinajstić information content (AvgIpc) is 2.74. The van der Waals surface area contributed by atoms with Crippen LogP contribution in [0.3, 0.4) is 0 Å². The zero-order valence-electron chi connectivity index (χ0n) is 18.7. The van der Waals surface area contributed by atoms with Crippen molar-refractivity contribution in [3.8, 4) is 5.75 Å². The Bertz CT molecular complexity index is 893. The summed E-state index contributed by atoms with van der Waals surface area (Å²) in [7, 11) is 0. The molecule has 2 atom stereocenters. The van der Waals surface area contributed by atoms with Crippen molar-refractivity contribution in [2.24, 2.45) is 0 Å². The van der Waals surface area contributed by atoms with E-state index in [0.717, 1.165) is 32.1 Å². The second kappa shape index (κ2) is 11.7. The molecular weight excluding hydrogens is 524 g/mol. The van der Waals surface area contributed by atoms with Crippen LogP contribution in [0.15, 0.2) is 45.3 Å². The highest BCUT2D eigenvalue weighted by molar-refractivity contribution is 9.10. The second-order valence-corrected chi connectivity index (χ2v) is 9.51. The van der Waals surface area contributed by atoms with E-state index in [1.165, 1.54) is 0 Å². The first-order chi connectivity index (χ1) is 14.6. The molecule has 2 aromatic rings. The number of aryl methyl sites for hydroxylation is 2. The lowest BCUT2D eigenvalue weighted by Gasteiger charge is -2.29. The van der Waals surface area contributed by atoms with Crippen LogP contribution in [0, 0.1) is 13.8 Å². The molecule has 0 aliphatic rings. The second-order valence-electron chi connectivity index (χ2n) is 7.80. The van der Waals surface area contributed by atoms with Gasteiger partial charge < -0.3 is 15.0 Å². The Morgan fingerprint density at radius 2 is 1.65 bits per heavy atom. The van der Waals surface area contributed by atoms with Gasteiger partial charge in [0.1, 0.15) is 11.8 Å². The normalized spacial score (nSPS) is 12.7. The first kappa shape index (κ1) is 25.4. The van der Waals surface area contributed by atoms with Gasteiger partial charge in [-0.25, -0.2) is 0 Å². The van der Waals surface area contributed by atoms with Crippen LogP contribution in [0.2, 0.25) is 0 Å². The van der Waals surface area contributed by atoms with Crippen LogP contribution < -0.4 is 10.1 Å². The van der Waals surface area contributed by atoms with E-state index >= 15 is 0 Å². The molecule has 168 valence electrons. The fourth-order valence-corrected chi connectivity index (χ4v) is 3.55. The van der Waals surface area contributed by atoms with Gasteiger partial charge >= 0.3 is 0 Å². The van der Waals surface area contributed by atoms with Crippen molar-refractivity contribution in [1.82, 2.24) is 10.2 Å². The third-order valence-electron chi connectivity index (χ3n) is 5.21. The van der Waals surface area contributed by atoms with Gasteiger partial charge in [0.05, 0.1) is 0 Å². The van der Waals surface area contributed by atoms with Gasteiger partial charge in [-0.1, -0.05) is 50.9 Å². The monoisotopic (exact) mass is 552 g/mol. The quantitative estimate of drug-likeness (QED) is 0.443. The lowest BCUT2D eigenvalue weighted by atomic mass is 10.1. The third-order valence-corrected chi connectivity index (χ3v) is 6.99. The lowest BCUT2D eigenvalue weighted by Crippen LogP contribution is -2.50. The van der Waals surface area contributed by atoms with Crippen LogP contribution in [0.25, 0.3) is 0 Å². The fraction of sp³-hybridized carbons (Fsp3) is 0.417. The van der Waals surface area contributed by atoms with Gasteiger partial charge in [-0.3, -0.25) is 9.59 Å². The first-order valence-corrected chi connectivity index (χ1v) is 11.9. The first-order valence-electron chi connectivity index (χ1n) is 10.4. The fourth-order valence-electron chi connectivity index (χ4n) is 3.05. The van der Waals surface area contributed by atoms with Crippen LogP contribution in [0.4, 0.5) is 0 Å². The molecule has 0 radical (unpaired) electrons. The molecule has 0 spiro atoms. The summed E-state index contributed by atoms with van der Waals surface area (Å²) in [5, 5.41) is 2.97. The minimum absolute atomic E-state index is 0.0459. The Morgan fingerprint density at radius 3 is 2.19 bits per heavy atom. The van der Waals surface area contributed by atoms with Crippen LogP contribution in [0.1, 0.15) is 43.9 Å². The molecule has 2 amide bonds. The smallest absolute Gasteiger partial charge is 0.261 e. The van der Waals surface area contributed by atoms with Gasteiger partial charge in [-0.15, -0.1) is 0 Å². The van der Waals surface area contributed by atoms with E-state index in [1.807, 2.05) is 64.1 Å². The van der Waals surface area contributed by atoms with Gasteiger partial charge in [-0.2, -0.15) is 0 Å². The van der Waals surface area contributed by atoms with Crippen molar-refractivity contribution in [3.63, 3.8) is 0 Å². The summed E-state index contributed by atoms with van der Waals surface area (Å²) in [4.78, 5) is 27.4. The van der Waals surface area contributed by atoms with Gasteiger partial charge in [0.15, 0.2) is 6.61 Å². The maximum atomic E-state index is 13.1. The number of nitrogens with zero attached hydrogens (tertiary/aromatic N) is 1. The predicted octanol–water partition coefficient (Wildman–Crippen LogP) is 5.54. The Morgan fingerprint density at radius 1 is 1.06 bits per heavy atom. The summed E-state index contributed by atoms with van der Waals surface area (Å²) >= 11 is 6.97. The SMILES string of the molecule is CC[C@@H](C)NC(=O)[C@H](C)N(Cc1ccc(Br)cc1)C(=O)COc1cc(C)c(Br)c(C)c1. The molecule has 31 heavy (non-hydrogen) atoms. The Kier molecular flexibility index (Phi) is 9.56. The molecule has 5 nitrogen and oxygen atoms in total. The summed E-state index contributed by atoms with van der Waals surface area (Å²) in [6, 6.07) is 10.9. The molecule has 0 saturated heterocycles. The molecule has 2 rings (SSSR count). The van der Waals surface area contributed by atoms with Gasteiger partial charge in [0.25, 0.3) is 5.91 Å². The van der Waals surface area contributed by atoms with Crippen LogP contribution >= 0.6 is 31.9 Å². The summed E-state index contributed by atoms with van der Waals surface area (Å²) in [6.45, 7) is 9.85. The standard InChI is InChI=1S/C24H30Br2N2O3/c1-6-17(4)27-24(30)18(5)28(13-19-7-9-20(25)10-8-19)22(29)14-31-21-11-15(2)23(26)16(3)12-21/h7-12,17-18H,6,13-14H2,1-5H3,(H,27,30)/t17-,18+/m1/s1. The topological polar surface area (TPSA) is 58.6 Å². The summed E-state index contributed by atoms with van der Waals surface area (Å²) in [5.74, 6) is 0.218. The summed E-state index contributed by atoms with van der Waals surface area (Å²) in [5.41, 5.74) is 3.01. The molecule has 0 fully saturated rings. The molecule has 1 N–H and O–H groups in total.